The van der Waals surface area contributed by atoms with Crippen LogP contribution >= 0.6 is 11.8 Å². The molecule has 2 rings (SSSR count). The molecule has 1 heterocycles. The van der Waals surface area contributed by atoms with Crippen LogP contribution in [0.1, 0.15) is 5.56 Å². The van der Waals surface area contributed by atoms with Crippen LogP contribution < -0.4 is 5.73 Å². The lowest BCUT2D eigenvalue weighted by Gasteiger charge is -2.32. The Morgan fingerprint density at radius 2 is 2.17 bits per heavy atom. The third kappa shape index (κ3) is 4.61. The van der Waals surface area contributed by atoms with Crippen molar-refractivity contribution >= 4 is 11.8 Å². The van der Waals surface area contributed by atoms with Gasteiger partial charge >= 0.3 is 0 Å². The first-order valence-electron chi connectivity index (χ1n) is 6.54. The Morgan fingerprint density at radius 1 is 1.33 bits per heavy atom. The Hall–Kier alpha value is -0.550. The molecule has 1 atom stereocenters. The lowest BCUT2D eigenvalue weighted by molar-refractivity contribution is -0.0208. The van der Waals surface area contributed by atoms with E-state index in [0.29, 0.717) is 6.54 Å². The van der Waals surface area contributed by atoms with Crippen molar-refractivity contribution in [1.29, 1.82) is 0 Å². The number of benzene rings is 1. The number of nitrogens with two attached hydrogens (primary N) is 1. The SMILES string of the molecule is NCC1CN(CCSCc2ccccc2)CCO1. The molecule has 0 amide bonds. The van der Waals surface area contributed by atoms with E-state index in [-0.39, 0.29) is 6.10 Å². The quantitative estimate of drug-likeness (QED) is 0.794. The average Bonchev–Trinajstić information content (AvgIpc) is 2.45. The predicted octanol–water partition coefficient (Wildman–Crippen LogP) is 1.58. The van der Waals surface area contributed by atoms with Crippen molar-refractivity contribution in [3.05, 3.63) is 35.9 Å². The summed E-state index contributed by atoms with van der Waals surface area (Å²) in [6.07, 6.45) is 0.234. The van der Waals surface area contributed by atoms with Crippen LogP contribution in [-0.4, -0.2) is 49.5 Å². The minimum atomic E-state index is 0.234. The smallest absolute Gasteiger partial charge is 0.0824 e. The molecule has 2 N–H and O–H groups in total. The number of nitrogens with zero attached hydrogens (tertiary/aromatic N) is 1. The molecule has 3 nitrogen and oxygen atoms in total. The summed E-state index contributed by atoms with van der Waals surface area (Å²) in [5.41, 5.74) is 7.05. The third-order valence-electron chi connectivity index (χ3n) is 3.15. The number of thioether (sulfide) groups is 1. The van der Waals surface area contributed by atoms with Gasteiger partial charge in [-0.15, -0.1) is 0 Å². The molecule has 1 fully saturated rings. The Morgan fingerprint density at radius 3 is 2.94 bits per heavy atom. The average molecular weight is 266 g/mol. The molecular weight excluding hydrogens is 244 g/mol. The van der Waals surface area contributed by atoms with Crippen molar-refractivity contribution in [3.63, 3.8) is 0 Å². The van der Waals surface area contributed by atoms with Crippen LogP contribution in [0.2, 0.25) is 0 Å². The lowest BCUT2D eigenvalue weighted by Crippen LogP contribution is -2.46. The van der Waals surface area contributed by atoms with E-state index in [2.05, 4.69) is 35.2 Å². The molecule has 0 spiro atoms. The molecule has 1 saturated heterocycles. The summed E-state index contributed by atoms with van der Waals surface area (Å²) in [4.78, 5) is 2.46. The minimum absolute atomic E-state index is 0.234. The van der Waals surface area contributed by atoms with E-state index >= 15 is 0 Å². The topological polar surface area (TPSA) is 38.5 Å². The first-order chi connectivity index (χ1) is 8.88. The van der Waals surface area contributed by atoms with E-state index in [0.717, 1.165) is 32.0 Å². The van der Waals surface area contributed by atoms with Gasteiger partial charge in [-0.3, -0.25) is 4.90 Å². The number of hydrogen-bond donors (Lipinski definition) is 1. The normalized spacial score (nSPS) is 21.1. The van der Waals surface area contributed by atoms with Crippen LogP contribution in [0.5, 0.6) is 0 Å². The van der Waals surface area contributed by atoms with Gasteiger partial charge in [0.2, 0.25) is 0 Å². The summed E-state index contributed by atoms with van der Waals surface area (Å²) in [6, 6.07) is 10.6. The van der Waals surface area contributed by atoms with Crippen LogP contribution in [0, 0.1) is 0 Å². The number of rotatable bonds is 6. The van der Waals surface area contributed by atoms with E-state index in [1.807, 2.05) is 11.8 Å². The zero-order valence-corrected chi connectivity index (χ0v) is 11.6. The maximum absolute atomic E-state index is 5.64. The van der Waals surface area contributed by atoms with Gasteiger partial charge in [-0.25, -0.2) is 0 Å². The molecule has 1 aromatic rings. The van der Waals surface area contributed by atoms with Gasteiger partial charge in [0.1, 0.15) is 0 Å². The summed E-state index contributed by atoms with van der Waals surface area (Å²) in [7, 11) is 0. The van der Waals surface area contributed by atoms with Crippen molar-refractivity contribution in [2.45, 2.75) is 11.9 Å². The number of morpholine rings is 1. The van der Waals surface area contributed by atoms with Crippen LogP contribution in [0.15, 0.2) is 30.3 Å². The maximum atomic E-state index is 5.64. The van der Waals surface area contributed by atoms with E-state index < -0.39 is 0 Å². The Bertz CT molecular complexity index is 334. The van der Waals surface area contributed by atoms with Gasteiger partial charge in [-0.1, -0.05) is 30.3 Å². The first-order valence-corrected chi connectivity index (χ1v) is 7.69. The van der Waals surface area contributed by atoms with Gasteiger partial charge in [0.15, 0.2) is 0 Å². The molecule has 18 heavy (non-hydrogen) atoms. The van der Waals surface area contributed by atoms with Crippen LogP contribution in [0.4, 0.5) is 0 Å². The highest BCUT2D eigenvalue weighted by Gasteiger charge is 2.18. The first kappa shape index (κ1) is 13.9. The van der Waals surface area contributed by atoms with Gasteiger partial charge in [-0.05, 0) is 5.56 Å². The van der Waals surface area contributed by atoms with E-state index in [1.54, 1.807) is 0 Å². The van der Waals surface area contributed by atoms with Crippen LogP contribution in [0.25, 0.3) is 0 Å². The van der Waals surface area contributed by atoms with Crippen LogP contribution in [0.3, 0.4) is 0 Å². The molecule has 0 bridgehead atoms. The number of hydrogen-bond acceptors (Lipinski definition) is 4. The molecule has 1 aromatic carbocycles. The predicted molar refractivity (Wildman–Crippen MR) is 77.8 cm³/mol. The summed E-state index contributed by atoms with van der Waals surface area (Å²) >= 11 is 2.00. The summed E-state index contributed by atoms with van der Waals surface area (Å²) < 4.78 is 5.56. The molecule has 0 radical (unpaired) electrons. The third-order valence-corrected chi connectivity index (χ3v) is 4.16. The highest BCUT2D eigenvalue weighted by Crippen LogP contribution is 2.12. The molecule has 100 valence electrons. The Labute approximate surface area is 114 Å². The van der Waals surface area contributed by atoms with Gasteiger partial charge in [0.05, 0.1) is 12.7 Å². The number of ether oxygens (including phenoxy) is 1. The van der Waals surface area contributed by atoms with Crippen molar-refractivity contribution < 1.29 is 4.74 Å². The van der Waals surface area contributed by atoms with Crippen molar-refractivity contribution in [1.82, 2.24) is 4.90 Å². The van der Waals surface area contributed by atoms with Crippen molar-refractivity contribution in [2.75, 3.05) is 38.5 Å². The second-order valence-electron chi connectivity index (χ2n) is 4.57. The summed E-state index contributed by atoms with van der Waals surface area (Å²) in [5, 5.41) is 0. The zero-order valence-electron chi connectivity index (χ0n) is 10.8. The zero-order chi connectivity index (χ0) is 12.6. The second-order valence-corrected chi connectivity index (χ2v) is 5.67. The lowest BCUT2D eigenvalue weighted by atomic mass is 10.2. The van der Waals surface area contributed by atoms with E-state index in [9.17, 15) is 0 Å². The fourth-order valence-electron chi connectivity index (χ4n) is 2.08. The minimum Gasteiger partial charge on any atom is -0.374 e. The van der Waals surface area contributed by atoms with E-state index in [1.165, 1.54) is 11.3 Å². The summed E-state index contributed by atoms with van der Waals surface area (Å²) in [5.74, 6) is 2.28. The largest absolute Gasteiger partial charge is 0.374 e. The highest BCUT2D eigenvalue weighted by molar-refractivity contribution is 7.98. The molecule has 0 saturated carbocycles. The fourth-order valence-corrected chi connectivity index (χ4v) is 3.04. The highest BCUT2D eigenvalue weighted by atomic mass is 32.2. The Balaban J connectivity index is 1.60. The molecule has 0 aromatic heterocycles. The van der Waals surface area contributed by atoms with Gasteiger partial charge in [-0.2, -0.15) is 11.8 Å². The van der Waals surface area contributed by atoms with Crippen molar-refractivity contribution in [3.8, 4) is 0 Å². The monoisotopic (exact) mass is 266 g/mol. The fraction of sp³-hybridized carbons (Fsp3) is 0.571. The maximum Gasteiger partial charge on any atom is 0.0824 e. The Kier molecular flexibility index (Phi) is 6.00. The van der Waals surface area contributed by atoms with Gasteiger partial charge in [0.25, 0.3) is 0 Å². The molecule has 4 heteroatoms. The molecule has 1 aliphatic heterocycles. The van der Waals surface area contributed by atoms with Gasteiger partial charge in [0, 0.05) is 37.7 Å². The molecule has 1 unspecified atom stereocenters. The molecular formula is C14H22N2OS. The molecule has 1 aliphatic rings. The van der Waals surface area contributed by atoms with Crippen LogP contribution in [-0.2, 0) is 10.5 Å². The van der Waals surface area contributed by atoms with Crippen molar-refractivity contribution in [2.24, 2.45) is 5.73 Å². The standard InChI is InChI=1S/C14H22N2OS/c15-10-14-11-16(6-8-17-14)7-9-18-12-13-4-2-1-3-5-13/h1-5,14H,6-12,15H2. The van der Waals surface area contributed by atoms with Gasteiger partial charge < -0.3 is 10.5 Å². The molecule has 0 aliphatic carbocycles. The summed E-state index contributed by atoms with van der Waals surface area (Å²) in [6.45, 7) is 4.63. The second kappa shape index (κ2) is 7.79. The van der Waals surface area contributed by atoms with E-state index in [4.69, 9.17) is 10.5 Å².